The predicted octanol–water partition coefficient (Wildman–Crippen LogP) is 13.8. The summed E-state index contributed by atoms with van der Waals surface area (Å²) in [6.07, 6.45) is 24.7. The zero-order valence-electron chi connectivity index (χ0n) is 29.6. The van der Waals surface area contributed by atoms with Gasteiger partial charge in [-0.05, 0) is 59.0 Å². The summed E-state index contributed by atoms with van der Waals surface area (Å²) in [5.74, 6) is 0.949. The second kappa shape index (κ2) is 48.6. The van der Waals surface area contributed by atoms with Crippen molar-refractivity contribution in [3.8, 4) is 0 Å². The largest absolute Gasteiger partial charge is 0.372 e. The Hall–Kier alpha value is -1.50. The average Bonchev–Trinajstić information content (AvgIpc) is 2.91. The van der Waals surface area contributed by atoms with Crippen molar-refractivity contribution in [2.45, 2.75) is 167 Å². The maximum atomic E-state index is 3.69. The Bertz CT molecular complexity index is 491. The first kappa shape index (κ1) is 49.4. The van der Waals surface area contributed by atoms with Crippen LogP contribution in [0.25, 0.3) is 0 Å². The highest BCUT2D eigenvalue weighted by Crippen LogP contribution is 2.15. The number of hydrogen-bond acceptors (Lipinski definition) is 1. The molecule has 0 N–H and O–H groups in total. The first-order chi connectivity index (χ1) is 18.0. The van der Waals surface area contributed by atoms with Crippen molar-refractivity contribution in [3.05, 3.63) is 60.9 Å². The Morgan fingerprint density at radius 3 is 1.47 bits per heavy atom. The van der Waals surface area contributed by atoms with Crippen LogP contribution in [-0.2, 0) is 0 Å². The molecule has 0 saturated carbocycles. The quantitative estimate of drug-likeness (QED) is 0.177. The Kier molecular flexibility index (Phi) is 63.2. The predicted molar refractivity (Wildman–Crippen MR) is 186 cm³/mol. The van der Waals surface area contributed by atoms with Crippen molar-refractivity contribution < 1.29 is 0 Å². The van der Waals surface area contributed by atoms with E-state index < -0.39 is 0 Å². The molecule has 230 valence electrons. The number of rotatable bonds is 12. The molecule has 0 rings (SSSR count). The fourth-order valence-corrected chi connectivity index (χ4v) is 2.32. The molecule has 0 amide bonds. The minimum absolute atomic E-state index is 0.529. The second-order valence-corrected chi connectivity index (χ2v) is 9.88. The summed E-state index contributed by atoms with van der Waals surface area (Å²) in [5, 5.41) is 0. The third-order valence-corrected chi connectivity index (χ3v) is 5.45. The summed E-state index contributed by atoms with van der Waals surface area (Å²) in [5.41, 5.74) is 2.72. The maximum absolute atomic E-state index is 3.69. The van der Waals surface area contributed by atoms with Gasteiger partial charge in [0.25, 0.3) is 0 Å². The van der Waals surface area contributed by atoms with Gasteiger partial charge in [-0.15, -0.1) is 6.58 Å². The standard InChI is InChI=1S/C13H23N.C7H16.2C5H10.C4H10.C3H8/c1-7-9-10-13(12(5)8-2)14(6)11(3)4;1-4-6-7(3)5-2;2*1-3-5-4-2;1-3-4-2;1-3-2/h7,9-11H,1,8H2,2-6H3;7H,4-6H2,1-3H3;3,5H,4H2,1-2H3;3H,1,4-5H2,2H3;3-4H2,1-2H3;3H2,1-2H3/b10-9-,13-12+;;5-3+;;;. The number of allylic oxidation sites excluding steroid dienone is 7. The summed E-state index contributed by atoms with van der Waals surface area (Å²) in [4.78, 5) is 2.29. The van der Waals surface area contributed by atoms with E-state index in [2.05, 4.69) is 133 Å². The van der Waals surface area contributed by atoms with Crippen LogP contribution in [0, 0.1) is 5.92 Å². The van der Waals surface area contributed by atoms with E-state index in [1.807, 2.05) is 25.2 Å². The topological polar surface area (TPSA) is 3.24 Å². The highest BCUT2D eigenvalue weighted by molar-refractivity contribution is 5.25. The van der Waals surface area contributed by atoms with Crippen LogP contribution in [0.4, 0.5) is 0 Å². The molecule has 0 spiro atoms. The van der Waals surface area contributed by atoms with Crippen LogP contribution in [-0.4, -0.2) is 18.0 Å². The van der Waals surface area contributed by atoms with E-state index >= 15 is 0 Å². The van der Waals surface area contributed by atoms with Crippen LogP contribution in [0.5, 0.6) is 0 Å². The Balaban J connectivity index is -0.0000000898. The molecule has 0 aromatic heterocycles. The fraction of sp³-hybridized carbons (Fsp3) is 0.730. The molecule has 1 nitrogen and oxygen atoms in total. The van der Waals surface area contributed by atoms with Gasteiger partial charge in [0, 0.05) is 18.8 Å². The number of nitrogens with zero attached hydrogens (tertiary/aromatic N) is 1. The summed E-state index contributed by atoms with van der Waals surface area (Å²) < 4.78 is 0. The van der Waals surface area contributed by atoms with Gasteiger partial charge in [-0.3, -0.25) is 0 Å². The van der Waals surface area contributed by atoms with Crippen LogP contribution in [0.3, 0.4) is 0 Å². The third kappa shape index (κ3) is 55.1. The first-order valence-electron chi connectivity index (χ1n) is 15.9. The Morgan fingerprint density at radius 2 is 1.32 bits per heavy atom. The van der Waals surface area contributed by atoms with E-state index in [4.69, 9.17) is 0 Å². The van der Waals surface area contributed by atoms with Gasteiger partial charge in [0.1, 0.15) is 0 Å². The molecular weight excluding hydrogens is 458 g/mol. The molecular formula is C37H77N. The van der Waals surface area contributed by atoms with Gasteiger partial charge < -0.3 is 4.90 Å². The molecule has 0 aliphatic rings. The van der Waals surface area contributed by atoms with Crippen LogP contribution in [0.15, 0.2) is 60.9 Å². The minimum atomic E-state index is 0.529. The van der Waals surface area contributed by atoms with E-state index in [9.17, 15) is 0 Å². The van der Waals surface area contributed by atoms with Crippen molar-refractivity contribution in [3.63, 3.8) is 0 Å². The minimum Gasteiger partial charge on any atom is -0.372 e. The number of likely N-dealkylation sites (N-methyl/N-ethyl adjacent to an activating group) is 1. The molecule has 1 unspecified atom stereocenters. The van der Waals surface area contributed by atoms with Crippen LogP contribution in [0.2, 0.25) is 0 Å². The molecule has 1 atom stereocenters. The number of unbranched alkanes of at least 4 members (excludes halogenated alkanes) is 2. The third-order valence-electron chi connectivity index (χ3n) is 5.45. The molecule has 0 aromatic carbocycles. The van der Waals surface area contributed by atoms with E-state index in [1.54, 1.807) is 0 Å². The van der Waals surface area contributed by atoms with Crippen LogP contribution in [0.1, 0.15) is 161 Å². The van der Waals surface area contributed by atoms with Crippen LogP contribution >= 0.6 is 0 Å². The molecule has 0 heterocycles. The van der Waals surface area contributed by atoms with Gasteiger partial charge >= 0.3 is 0 Å². The lowest BCUT2D eigenvalue weighted by molar-refractivity contribution is 0.350. The van der Waals surface area contributed by atoms with Gasteiger partial charge in [-0.2, -0.15) is 0 Å². The molecule has 0 aromatic rings. The highest BCUT2D eigenvalue weighted by atomic mass is 15.1. The molecule has 0 fully saturated rings. The Morgan fingerprint density at radius 1 is 0.816 bits per heavy atom. The van der Waals surface area contributed by atoms with Crippen molar-refractivity contribution in [1.82, 2.24) is 4.90 Å². The van der Waals surface area contributed by atoms with Gasteiger partial charge in [0.05, 0.1) is 0 Å². The Labute approximate surface area is 245 Å². The van der Waals surface area contributed by atoms with Crippen molar-refractivity contribution in [2.75, 3.05) is 7.05 Å². The smallest absolute Gasteiger partial charge is 0.0354 e. The van der Waals surface area contributed by atoms with Gasteiger partial charge in [0.2, 0.25) is 0 Å². The molecule has 0 bridgehead atoms. The lowest BCUT2D eigenvalue weighted by Gasteiger charge is -2.26. The fourth-order valence-electron chi connectivity index (χ4n) is 2.32. The van der Waals surface area contributed by atoms with Gasteiger partial charge in [0.15, 0.2) is 0 Å². The molecule has 0 saturated heterocycles. The summed E-state index contributed by atoms with van der Waals surface area (Å²) in [7, 11) is 2.13. The summed E-state index contributed by atoms with van der Waals surface area (Å²) >= 11 is 0. The zero-order chi connectivity index (χ0) is 31.2. The van der Waals surface area contributed by atoms with E-state index in [0.29, 0.717) is 6.04 Å². The molecule has 0 aliphatic carbocycles. The van der Waals surface area contributed by atoms with E-state index in [1.165, 1.54) is 56.2 Å². The van der Waals surface area contributed by atoms with Crippen molar-refractivity contribution in [1.29, 1.82) is 0 Å². The van der Waals surface area contributed by atoms with Crippen molar-refractivity contribution in [2.24, 2.45) is 5.92 Å². The lowest BCUT2D eigenvalue weighted by Crippen LogP contribution is -2.25. The average molecular weight is 536 g/mol. The highest BCUT2D eigenvalue weighted by Gasteiger charge is 2.07. The summed E-state index contributed by atoms with van der Waals surface area (Å²) in [6.45, 7) is 37.7. The van der Waals surface area contributed by atoms with Gasteiger partial charge in [-0.1, -0.05) is 157 Å². The monoisotopic (exact) mass is 536 g/mol. The van der Waals surface area contributed by atoms with Gasteiger partial charge in [-0.25, -0.2) is 0 Å². The lowest BCUT2D eigenvalue weighted by atomic mass is 10.0. The zero-order valence-corrected chi connectivity index (χ0v) is 29.6. The maximum Gasteiger partial charge on any atom is 0.0354 e. The first-order valence-corrected chi connectivity index (χ1v) is 15.9. The summed E-state index contributed by atoms with van der Waals surface area (Å²) in [6, 6.07) is 0.529. The number of hydrogen-bond donors (Lipinski definition) is 0. The van der Waals surface area contributed by atoms with Crippen LogP contribution < -0.4 is 0 Å². The normalized spacial score (nSPS) is 11.1. The van der Waals surface area contributed by atoms with E-state index in [0.717, 1.165) is 25.2 Å². The molecule has 38 heavy (non-hydrogen) atoms. The second-order valence-electron chi connectivity index (χ2n) is 9.88. The molecule has 1 heteroatoms. The van der Waals surface area contributed by atoms with Crippen molar-refractivity contribution >= 4 is 0 Å². The molecule has 0 radical (unpaired) electrons. The van der Waals surface area contributed by atoms with E-state index in [-0.39, 0.29) is 0 Å². The SMILES string of the molecule is C/C=C/CC.C=C/C=C\C(=C(\C)CC)N(C)C(C)C.C=CCCC.CCC.CCCC.CCCC(C)CC. The molecule has 0 aliphatic heterocycles.